The lowest BCUT2D eigenvalue weighted by molar-refractivity contribution is -0.134. The Balaban J connectivity index is 2.17. The highest BCUT2D eigenvalue weighted by Crippen LogP contribution is 2.18. The van der Waals surface area contributed by atoms with Crippen LogP contribution in [0.15, 0.2) is 0 Å². The first kappa shape index (κ1) is 12.3. The van der Waals surface area contributed by atoms with Crippen molar-refractivity contribution < 1.29 is 9.59 Å². The van der Waals surface area contributed by atoms with Gasteiger partial charge in [0.2, 0.25) is 11.8 Å². The van der Waals surface area contributed by atoms with Gasteiger partial charge in [-0.3, -0.25) is 9.59 Å². The van der Waals surface area contributed by atoms with Gasteiger partial charge in [-0.15, -0.1) is 11.6 Å². The normalized spacial score (nSPS) is 14.8. The van der Waals surface area contributed by atoms with Gasteiger partial charge in [-0.05, 0) is 19.3 Å². The summed E-state index contributed by atoms with van der Waals surface area (Å²) in [6.07, 6.45) is 3.21. The molecule has 86 valence electrons. The average molecular weight is 233 g/mol. The van der Waals surface area contributed by atoms with Crippen molar-refractivity contribution in [2.75, 3.05) is 19.5 Å². The molecule has 1 aliphatic carbocycles. The average Bonchev–Trinajstić information content (AvgIpc) is 2.97. The fourth-order valence-corrected chi connectivity index (χ4v) is 1.35. The van der Waals surface area contributed by atoms with Crippen molar-refractivity contribution in [2.45, 2.75) is 31.7 Å². The smallest absolute Gasteiger partial charge is 0.239 e. The highest BCUT2D eigenvalue weighted by Gasteiger charge is 2.24. The molecule has 1 fully saturated rings. The second kappa shape index (κ2) is 5.95. The van der Waals surface area contributed by atoms with Crippen LogP contribution in [0, 0.1) is 0 Å². The SMILES string of the molecule is CN(CC(=O)NC1CC1)C(=O)CCCCl. The zero-order chi connectivity index (χ0) is 11.3. The van der Waals surface area contributed by atoms with Gasteiger partial charge < -0.3 is 10.2 Å². The fraction of sp³-hybridized carbons (Fsp3) is 0.800. The molecule has 0 radical (unpaired) electrons. The van der Waals surface area contributed by atoms with Gasteiger partial charge in [0, 0.05) is 25.4 Å². The van der Waals surface area contributed by atoms with Crippen LogP contribution in [0.4, 0.5) is 0 Å². The third kappa shape index (κ3) is 5.02. The number of rotatable bonds is 6. The summed E-state index contributed by atoms with van der Waals surface area (Å²) in [5, 5.41) is 2.84. The van der Waals surface area contributed by atoms with Gasteiger partial charge in [-0.2, -0.15) is 0 Å². The molecule has 4 nitrogen and oxygen atoms in total. The number of hydrogen-bond donors (Lipinski definition) is 1. The molecule has 0 bridgehead atoms. The Morgan fingerprint density at radius 3 is 2.67 bits per heavy atom. The molecule has 0 heterocycles. The number of halogens is 1. The van der Waals surface area contributed by atoms with E-state index in [0.29, 0.717) is 24.8 Å². The minimum absolute atomic E-state index is 0.0263. The van der Waals surface area contributed by atoms with Crippen LogP contribution in [0.3, 0.4) is 0 Å². The lowest BCUT2D eigenvalue weighted by Crippen LogP contribution is -2.39. The first-order valence-electron chi connectivity index (χ1n) is 5.22. The maximum absolute atomic E-state index is 11.4. The van der Waals surface area contributed by atoms with Crippen LogP contribution in [0.5, 0.6) is 0 Å². The van der Waals surface area contributed by atoms with Crippen molar-refractivity contribution in [2.24, 2.45) is 0 Å². The van der Waals surface area contributed by atoms with Gasteiger partial charge >= 0.3 is 0 Å². The van der Waals surface area contributed by atoms with Crippen molar-refractivity contribution in [1.29, 1.82) is 0 Å². The molecule has 0 aromatic rings. The fourth-order valence-electron chi connectivity index (χ4n) is 1.21. The van der Waals surface area contributed by atoms with Gasteiger partial charge in [0.15, 0.2) is 0 Å². The van der Waals surface area contributed by atoms with Crippen molar-refractivity contribution in [1.82, 2.24) is 10.2 Å². The molecule has 1 rings (SSSR count). The summed E-state index contributed by atoms with van der Waals surface area (Å²) in [5.41, 5.74) is 0. The van der Waals surface area contributed by atoms with Crippen molar-refractivity contribution in [3.63, 3.8) is 0 Å². The maximum Gasteiger partial charge on any atom is 0.239 e. The minimum Gasteiger partial charge on any atom is -0.352 e. The number of alkyl halides is 1. The molecular weight excluding hydrogens is 216 g/mol. The monoisotopic (exact) mass is 232 g/mol. The highest BCUT2D eigenvalue weighted by molar-refractivity contribution is 6.17. The predicted octanol–water partition coefficient (Wildman–Crippen LogP) is 0.742. The Bertz CT molecular complexity index is 242. The number of carbonyl (C=O) groups excluding carboxylic acids is 2. The summed E-state index contributed by atoms with van der Waals surface area (Å²) >= 11 is 5.48. The standard InChI is InChI=1S/C10H17ClN2O2/c1-13(10(15)3-2-6-11)7-9(14)12-8-4-5-8/h8H,2-7H2,1H3,(H,12,14). The number of amides is 2. The van der Waals surface area contributed by atoms with E-state index >= 15 is 0 Å². The van der Waals surface area contributed by atoms with Crippen LogP contribution in [0.25, 0.3) is 0 Å². The largest absolute Gasteiger partial charge is 0.352 e. The summed E-state index contributed by atoms with van der Waals surface area (Å²) in [7, 11) is 1.64. The number of likely N-dealkylation sites (N-methyl/N-ethyl adjacent to an activating group) is 1. The lowest BCUT2D eigenvalue weighted by Gasteiger charge is -2.16. The summed E-state index contributed by atoms with van der Waals surface area (Å²) in [6, 6.07) is 0.351. The Kier molecular flexibility index (Phi) is 4.88. The molecule has 1 N–H and O–H groups in total. The summed E-state index contributed by atoms with van der Waals surface area (Å²) < 4.78 is 0. The number of carbonyl (C=O) groups is 2. The topological polar surface area (TPSA) is 49.4 Å². The molecular formula is C10H17ClN2O2. The Morgan fingerprint density at radius 1 is 1.47 bits per heavy atom. The Labute approximate surface area is 95.0 Å². The molecule has 5 heteroatoms. The zero-order valence-electron chi connectivity index (χ0n) is 8.96. The Hall–Kier alpha value is -0.770. The minimum atomic E-state index is -0.0702. The Morgan fingerprint density at radius 2 is 2.13 bits per heavy atom. The van der Waals surface area contributed by atoms with E-state index in [4.69, 9.17) is 11.6 Å². The van der Waals surface area contributed by atoms with E-state index < -0.39 is 0 Å². The first-order chi connectivity index (χ1) is 7.13. The second-order valence-corrected chi connectivity index (χ2v) is 4.26. The second-order valence-electron chi connectivity index (χ2n) is 3.88. The van der Waals surface area contributed by atoms with Gasteiger partial charge in [-0.25, -0.2) is 0 Å². The van der Waals surface area contributed by atoms with E-state index in [2.05, 4.69) is 5.32 Å². The van der Waals surface area contributed by atoms with E-state index in [-0.39, 0.29) is 18.4 Å². The van der Waals surface area contributed by atoms with Crippen molar-refractivity contribution in [3.05, 3.63) is 0 Å². The van der Waals surface area contributed by atoms with E-state index in [1.165, 1.54) is 4.90 Å². The van der Waals surface area contributed by atoms with Crippen LogP contribution in [0.1, 0.15) is 25.7 Å². The summed E-state index contributed by atoms with van der Waals surface area (Å²) in [4.78, 5) is 24.2. The molecule has 0 aromatic carbocycles. The van der Waals surface area contributed by atoms with E-state index in [9.17, 15) is 9.59 Å². The van der Waals surface area contributed by atoms with Gasteiger partial charge in [0.05, 0.1) is 6.54 Å². The zero-order valence-corrected chi connectivity index (χ0v) is 9.72. The molecule has 0 unspecified atom stereocenters. The van der Waals surface area contributed by atoms with Crippen LogP contribution in [0.2, 0.25) is 0 Å². The molecule has 1 saturated carbocycles. The number of hydrogen-bond acceptors (Lipinski definition) is 2. The van der Waals surface area contributed by atoms with Crippen molar-refractivity contribution in [3.8, 4) is 0 Å². The quantitative estimate of drug-likeness (QED) is 0.687. The van der Waals surface area contributed by atoms with Crippen molar-refractivity contribution >= 4 is 23.4 Å². The third-order valence-corrected chi connectivity index (χ3v) is 2.54. The van der Waals surface area contributed by atoms with E-state index in [1.54, 1.807) is 7.05 Å². The number of nitrogens with zero attached hydrogens (tertiary/aromatic N) is 1. The van der Waals surface area contributed by atoms with Crippen LogP contribution < -0.4 is 5.32 Å². The molecule has 1 aliphatic rings. The summed E-state index contributed by atoms with van der Waals surface area (Å²) in [6.45, 7) is 0.150. The lowest BCUT2D eigenvalue weighted by atomic mass is 10.3. The molecule has 0 atom stereocenters. The highest BCUT2D eigenvalue weighted by atomic mass is 35.5. The number of nitrogens with one attached hydrogen (secondary N) is 1. The van der Waals surface area contributed by atoms with Gasteiger partial charge in [-0.1, -0.05) is 0 Å². The molecule has 0 spiro atoms. The molecule has 15 heavy (non-hydrogen) atoms. The summed E-state index contributed by atoms with van der Waals surface area (Å²) in [5.74, 6) is 0.384. The molecule has 0 aromatic heterocycles. The molecule has 0 aliphatic heterocycles. The molecule has 0 saturated heterocycles. The molecule has 2 amide bonds. The first-order valence-corrected chi connectivity index (χ1v) is 5.76. The predicted molar refractivity (Wildman–Crippen MR) is 58.8 cm³/mol. The van der Waals surface area contributed by atoms with Crippen LogP contribution in [-0.4, -0.2) is 42.2 Å². The van der Waals surface area contributed by atoms with E-state index in [1.807, 2.05) is 0 Å². The van der Waals surface area contributed by atoms with Gasteiger partial charge in [0.25, 0.3) is 0 Å². The van der Waals surface area contributed by atoms with E-state index in [0.717, 1.165) is 12.8 Å². The van der Waals surface area contributed by atoms with Crippen LogP contribution >= 0.6 is 11.6 Å². The third-order valence-electron chi connectivity index (χ3n) is 2.27. The maximum atomic E-state index is 11.4. The van der Waals surface area contributed by atoms with Gasteiger partial charge in [0.1, 0.15) is 0 Å². The van der Waals surface area contributed by atoms with Crippen LogP contribution in [-0.2, 0) is 9.59 Å².